The molecule has 1 aromatic rings. The smallest absolute Gasteiger partial charge is 0.253 e. The van der Waals surface area contributed by atoms with E-state index in [-0.39, 0.29) is 5.91 Å². The normalized spacial score (nSPS) is 15.4. The summed E-state index contributed by atoms with van der Waals surface area (Å²) in [6.45, 7) is 5.00. The van der Waals surface area contributed by atoms with Crippen LogP contribution in [-0.4, -0.2) is 37.1 Å². The van der Waals surface area contributed by atoms with Crippen molar-refractivity contribution in [1.82, 2.24) is 4.90 Å². The number of hydrogen-bond donors (Lipinski definition) is 0. The standard InChI is InChI=1S/C18H27NO3/c1-4-21-16-12-11-14(13-17(16)22-5-2)18(20)19(3)15-9-7-6-8-10-15/h11-13,15H,4-10H2,1-3H3. The Morgan fingerprint density at radius 1 is 1.09 bits per heavy atom. The molecule has 0 spiro atoms. The number of carbonyl (C=O) groups is 1. The van der Waals surface area contributed by atoms with Gasteiger partial charge in [0.1, 0.15) is 0 Å². The lowest BCUT2D eigenvalue weighted by molar-refractivity contribution is 0.0695. The number of hydrogen-bond acceptors (Lipinski definition) is 3. The van der Waals surface area contributed by atoms with Gasteiger partial charge >= 0.3 is 0 Å². The predicted molar refractivity (Wildman–Crippen MR) is 87.7 cm³/mol. The molecule has 1 amide bonds. The maximum Gasteiger partial charge on any atom is 0.253 e. The van der Waals surface area contributed by atoms with Gasteiger partial charge < -0.3 is 14.4 Å². The highest BCUT2D eigenvalue weighted by Gasteiger charge is 2.23. The van der Waals surface area contributed by atoms with Crippen LogP contribution in [0.1, 0.15) is 56.3 Å². The highest BCUT2D eigenvalue weighted by Crippen LogP contribution is 2.30. The summed E-state index contributed by atoms with van der Waals surface area (Å²) in [4.78, 5) is 14.6. The zero-order chi connectivity index (χ0) is 15.9. The lowest BCUT2D eigenvalue weighted by atomic mass is 9.94. The lowest BCUT2D eigenvalue weighted by Crippen LogP contribution is -2.38. The molecule has 0 N–H and O–H groups in total. The molecule has 1 aliphatic carbocycles. The Labute approximate surface area is 133 Å². The molecule has 0 aromatic heterocycles. The Balaban J connectivity index is 2.15. The van der Waals surface area contributed by atoms with Gasteiger partial charge in [-0.25, -0.2) is 0 Å². The molecule has 0 unspecified atom stereocenters. The molecule has 1 saturated carbocycles. The van der Waals surface area contributed by atoms with E-state index in [0.29, 0.717) is 36.3 Å². The Kier molecular flexibility index (Phi) is 6.10. The van der Waals surface area contributed by atoms with Crippen LogP contribution in [-0.2, 0) is 0 Å². The quantitative estimate of drug-likeness (QED) is 0.800. The number of nitrogens with zero attached hydrogens (tertiary/aromatic N) is 1. The second-order valence-electron chi connectivity index (χ2n) is 5.74. The minimum Gasteiger partial charge on any atom is -0.490 e. The SMILES string of the molecule is CCOc1ccc(C(=O)N(C)C2CCCCC2)cc1OCC. The average molecular weight is 305 g/mol. The van der Waals surface area contributed by atoms with Gasteiger partial charge in [0.15, 0.2) is 11.5 Å². The van der Waals surface area contributed by atoms with Crippen LogP contribution in [0.3, 0.4) is 0 Å². The predicted octanol–water partition coefficient (Wildman–Crippen LogP) is 3.89. The van der Waals surface area contributed by atoms with Crippen LogP contribution in [0, 0.1) is 0 Å². The minimum absolute atomic E-state index is 0.0656. The lowest BCUT2D eigenvalue weighted by Gasteiger charge is -2.31. The van der Waals surface area contributed by atoms with Gasteiger partial charge in [-0.1, -0.05) is 19.3 Å². The Bertz CT molecular complexity index is 495. The van der Waals surface area contributed by atoms with Crippen LogP contribution in [0.2, 0.25) is 0 Å². The summed E-state index contributed by atoms with van der Waals surface area (Å²) in [6, 6.07) is 5.82. The molecule has 0 radical (unpaired) electrons. The number of carbonyl (C=O) groups excluding carboxylic acids is 1. The fourth-order valence-electron chi connectivity index (χ4n) is 3.02. The molecular weight excluding hydrogens is 278 g/mol. The summed E-state index contributed by atoms with van der Waals surface area (Å²) in [5.74, 6) is 1.41. The third-order valence-electron chi connectivity index (χ3n) is 4.23. The third kappa shape index (κ3) is 3.93. The Morgan fingerprint density at radius 2 is 1.73 bits per heavy atom. The molecule has 1 aliphatic rings. The van der Waals surface area contributed by atoms with E-state index < -0.39 is 0 Å². The van der Waals surface area contributed by atoms with Gasteiger partial charge in [0.25, 0.3) is 5.91 Å². The van der Waals surface area contributed by atoms with Gasteiger partial charge in [-0.3, -0.25) is 4.79 Å². The summed E-state index contributed by atoms with van der Waals surface area (Å²) < 4.78 is 11.2. The monoisotopic (exact) mass is 305 g/mol. The van der Waals surface area contributed by atoms with Crippen molar-refractivity contribution < 1.29 is 14.3 Å². The molecule has 1 aromatic carbocycles. The highest BCUT2D eigenvalue weighted by molar-refractivity contribution is 5.95. The minimum atomic E-state index is 0.0656. The summed E-state index contributed by atoms with van der Waals surface area (Å²) in [5.41, 5.74) is 0.667. The fourth-order valence-corrected chi connectivity index (χ4v) is 3.02. The Hall–Kier alpha value is -1.71. The molecule has 0 heterocycles. The zero-order valence-corrected chi connectivity index (χ0v) is 13.9. The fraction of sp³-hybridized carbons (Fsp3) is 0.611. The van der Waals surface area contributed by atoms with Crippen molar-refractivity contribution in [3.63, 3.8) is 0 Å². The van der Waals surface area contributed by atoms with Gasteiger partial charge in [-0.15, -0.1) is 0 Å². The van der Waals surface area contributed by atoms with Crippen LogP contribution in [0.4, 0.5) is 0 Å². The summed E-state index contributed by atoms with van der Waals surface area (Å²) in [7, 11) is 1.91. The molecule has 4 heteroatoms. The molecule has 22 heavy (non-hydrogen) atoms. The van der Waals surface area contributed by atoms with E-state index in [0.717, 1.165) is 12.8 Å². The van der Waals surface area contributed by atoms with Gasteiger partial charge in [-0.2, -0.15) is 0 Å². The summed E-state index contributed by atoms with van der Waals surface area (Å²) in [6.07, 6.45) is 5.94. The van der Waals surface area contributed by atoms with Crippen molar-refractivity contribution in [2.24, 2.45) is 0 Å². The molecule has 4 nitrogen and oxygen atoms in total. The van der Waals surface area contributed by atoms with E-state index in [9.17, 15) is 4.79 Å². The van der Waals surface area contributed by atoms with Crippen molar-refractivity contribution in [2.45, 2.75) is 52.0 Å². The van der Waals surface area contributed by atoms with E-state index in [2.05, 4.69) is 0 Å². The number of rotatable bonds is 6. The van der Waals surface area contributed by atoms with Crippen molar-refractivity contribution in [3.8, 4) is 11.5 Å². The van der Waals surface area contributed by atoms with Crippen LogP contribution in [0.25, 0.3) is 0 Å². The van der Waals surface area contributed by atoms with Crippen LogP contribution in [0.5, 0.6) is 11.5 Å². The second kappa shape index (κ2) is 8.06. The third-order valence-corrected chi connectivity index (χ3v) is 4.23. The van der Waals surface area contributed by atoms with Gasteiger partial charge in [0.2, 0.25) is 0 Å². The van der Waals surface area contributed by atoms with Gasteiger partial charge in [-0.05, 0) is 44.9 Å². The van der Waals surface area contributed by atoms with Crippen molar-refractivity contribution in [2.75, 3.05) is 20.3 Å². The number of ether oxygens (including phenoxy) is 2. The van der Waals surface area contributed by atoms with E-state index in [1.54, 1.807) is 6.07 Å². The van der Waals surface area contributed by atoms with E-state index >= 15 is 0 Å². The largest absolute Gasteiger partial charge is 0.490 e. The molecule has 122 valence electrons. The molecule has 2 rings (SSSR count). The van der Waals surface area contributed by atoms with Crippen LogP contribution < -0.4 is 9.47 Å². The first kappa shape index (κ1) is 16.7. The Morgan fingerprint density at radius 3 is 2.36 bits per heavy atom. The first-order valence-electron chi connectivity index (χ1n) is 8.34. The summed E-state index contributed by atoms with van der Waals surface area (Å²) in [5, 5.41) is 0. The maximum absolute atomic E-state index is 12.7. The van der Waals surface area contributed by atoms with Crippen LogP contribution in [0.15, 0.2) is 18.2 Å². The molecule has 0 saturated heterocycles. The second-order valence-corrected chi connectivity index (χ2v) is 5.74. The van der Waals surface area contributed by atoms with Gasteiger partial charge in [0, 0.05) is 18.7 Å². The highest BCUT2D eigenvalue weighted by atomic mass is 16.5. The zero-order valence-electron chi connectivity index (χ0n) is 13.9. The van der Waals surface area contributed by atoms with E-state index in [1.165, 1.54) is 19.3 Å². The van der Waals surface area contributed by atoms with Crippen molar-refractivity contribution >= 4 is 5.91 Å². The first-order chi connectivity index (χ1) is 10.7. The molecule has 0 aliphatic heterocycles. The van der Waals surface area contributed by atoms with Gasteiger partial charge in [0.05, 0.1) is 13.2 Å². The molecular formula is C18H27NO3. The van der Waals surface area contributed by atoms with Crippen molar-refractivity contribution in [1.29, 1.82) is 0 Å². The number of amides is 1. The number of benzene rings is 1. The van der Waals surface area contributed by atoms with E-state index in [1.807, 2.05) is 37.9 Å². The summed E-state index contributed by atoms with van der Waals surface area (Å²) >= 11 is 0. The van der Waals surface area contributed by atoms with Crippen molar-refractivity contribution in [3.05, 3.63) is 23.8 Å². The average Bonchev–Trinajstić information content (AvgIpc) is 2.56. The molecule has 0 atom stereocenters. The topological polar surface area (TPSA) is 38.8 Å². The molecule has 0 bridgehead atoms. The first-order valence-corrected chi connectivity index (χ1v) is 8.34. The maximum atomic E-state index is 12.7. The van der Waals surface area contributed by atoms with E-state index in [4.69, 9.17) is 9.47 Å². The van der Waals surface area contributed by atoms with Crippen LogP contribution >= 0.6 is 0 Å². The molecule has 1 fully saturated rings.